The van der Waals surface area contributed by atoms with E-state index in [1.807, 2.05) is 6.07 Å². The number of hydrogen-bond donors (Lipinski definition) is 2. The lowest BCUT2D eigenvalue weighted by molar-refractivity contribution is -0.146. The summed E-state index contributed by atoms with van der Waals surface area (Å²) < 4.78 is 39.5. The Morgan fingerprint density at radius 2 is 2.00 bits per heavy atom. The molecule has 1 aromatic carbocycles. The summed E-state index contributed by atoms with van der Waals surface area (Å²) in [6.07, 6.45) is -2.75. The third-order valence-electron chi connectivity index (χ3n) is 4.31. The fourth-order valence-corrected chi connectivity index (χ4v) is 3.10. The van der Waals surface area contributed by atoms with Crippen LogP contribution in [0.5, 0.6) is 0 Å². The first-order chi connectivity index (χ1) is 12.8. The number of rotatable bonds is 3. The molecule has 0 saturated carbocycles. The molecule has 0 spiro atoms. The molecule has 0 aliphatic carbocycles. The normalized spacial score (nSPS) is 13.2. The Kier molecular flexibility index (Phi) is 4.15. The summed E-state index contributed by atoms with van der Waals surface area (Å²) in [4.78, 5) is 8.18. The summed E-state index contributed by atoms with van der Waals surface area (Å²) in [5.74, 6) is -1.20. The first-order valence-electron chi connectivity index (χ1n) is 8.06. The van der Waals surface area contributed by atoms with Crippen LogP contribution in [-0.2, 0) is 0 Å². The number of anilines is 2. The standard InChI is InChI=1S/C18H13ClF3N5/c1-9(18(20,21)22)15-12-5-4-11(7-10(12)8-14(19)25-15)24-17-16-13(26-27-17)3-2-6-23-16/h2-9H,1H3,(H2,24,26,27). The number of benzene rings is 1. The first kappa shape index (κ1) is 17.5. The summed E-state index contributed by atoms with van der Waals surface area (Å²) >= 11 is 5.96. The minimum atomic E-state index is -4.40. The number of aromatic nitrogens is 4. The Hall–Kier alpha value is -2.87. The number of fused-ring (bicyclic) bond motifs is 2. The number of halogens is 4. The van der Waals surface area contributed by atoms with Crippen LogP contribution < -0.4 is 5.32 Å². The van der Waals surface area contributed by atoms with Gasteiger partial charge in [-0.15, -0.1) is 0 Å². The Morgan fingerprint density at radius 3 is 2.78 bits per heavy atom. The Morgan fingerprint density at radius 1 is 1.19 bits per heavy atom. The van der Waals surface area contributed by atoms with Crippen molar-refractivity contribution in [2.75, 3.05) is 5.32 Å². The van der Waals surface area contributed by atoms with Gasteiger partial charge in [0.05, 0.1) is 17.1 Å². The van der Waals surface area contributed by atoms with Crippen LogP contribution in [0.3, 0.4) is 0 Å². The van der Waals surface area contributed by atoms with Crippen molar-refractivity contribution in [1.29, 1.82) is 0 Å². The van der Waals surface area contributed by atoms with Crippen molar-refractivity contribution in [2.24, 2.45) is 0 Å². The third-order valence-corrected chi connectivity index (χ3v) is 4.51. The maximum atomic E-state index is 13.2. The number of nitrogens with one attached hydrogen (secondary N) is 2. The largest absolute Gasteiger partial charge is 0.397 e. The molecule has 9 heteroatoms. The molecule has 0 aliphatic heterocycles. The molecule has 27 heavy (non-hydrogen) atoms. The lowest BCUT2D eigenvalue weighted by Crippen LogP contribution is -2.19. The van der Waals surface area contributed by atoms with Crippen molar-refractivity contribution < 1.29 is 13.2 Å². The molecule has 0 bridgehead atoms. The second kappa shape index (κ2) is 6.38. The molecule has 2 N–H and O–H groups in total. The molecule has 138 valence electrons. The average Bonchev–Trinajstić information content (AvgIpc) is 3.02. The third kappa shape index (κ3) is 3.28. The number of hydrogen-bond acceptors (Lipinski definition) is 4. The predicted octanol–water partition coefficient (Wildman–Crippen LogP) is 5.57. The topological polar surface area (TPSA) is 66.5 Å². The summed E-state index contributed by atoms with van der Waals surface area (Å²) in [5.41, 5.74) is 1.99. The Balaban J connectivity index is 1.76. The molecule has 0 saturated heterocycles. The lowest BCUT2D eigenvalue weighted by Gasteiger charge is -2.17. The van der Waals surface area contributed by atoms with Crippen LogP contribution in [0.15, 0.2) is 42.6 Å². The molecule has 5 nitrogen and oxygen atoms in total. The summed E-state index contributed by atoms with van der Waals surface area (Å²) in [6, 6.07) is 10.2. The SMILES string of the molecule is CC(c1nc(Cl)cc2cc(Nc3n[nH]c4cccnc34)ccc12)C(F)(F)F. The molecule has 1 unspecified atom stereocenters. The molecule has 4 rings (SSSR count). The monoisotopic (exact) mass is 391 g/mol. The van der Waals surface area contributed by atoms with Gasteiger partial charge in [-0.05, 0) is 42.6 Å². The van der Waals surface area contributed by atoms with E-state index in [9.17, 15) is 13.2 Å². The van der Waals surface area contributed by atoms with E-state index in [0.29, 0.717) is 27.8 Å². The highest BCUT2D eigenvalue weighted by molar-refractivity contribution is 6.30. The van der Waals surface area contributed by atoms with Crippen LogP contribution in [0.25, 0.3) is 21.8 Å². The van der Waals surface area contributed by atoms with E-state index in [1.54, 1.807) is 30.5 Å². The minimum absolute atomic E-state index is 0.0117. The van der Waals surface area contributed by atoms with E-state index in [2.05, 4.69) is 25.5 Å². The number of aromatic amines is 1. The van der Waals surface area contributed by atoms with Crippen LogP contribution in [0.1, 0.15) is 18.5 Å². The van der Waals surface area contributed by atoms with Crippen LogP contribution in [0.4, 0.5) is 24.7 Å². The molecular formula is C18H13ClF3N5. The van der Waals surface area contributed by atoms with Gasteiger partial charge in [0.15, 0.2) is 5.82 Å². The van der Waals surface area contributed by atoms with Crippen molar-refractivity contribution in [3.05, 3.63) is 53.4 Å². The fraction of sp³-hybridized carbons (Fsp3) is 0.167. The van der Waals surface area contributed by atoms with E-state index < -0.39 is 12.1 Å². The molecule has 0 amide bonds. The summed E-state index contributed by atoms with van der Waals surface area (Å²) in [5, 5.41) is 11.1. The van der Waals surface area contributed by atoms with E-state index in [0.717, 1.165) is 12.4 Å². The van der Waals surface area contributed by atoms with Gasteiger partial charge in [0.1, 0.15) is 10.7 Å². The van der Waals surface area contributed by atoms with Crippen molar-refractivity contribution in [3.63, 3.8) is 0 Å². The highest BCUT2D eigenvalue weighted by atomic mass is 35.5. The highest BCUT2D eigenvalue weighted by Gasteiger charge is 2.39. The van der Waals surface area contributed by atoms with Crippen LogP contribution >= 0.6 is 11.6 Å². The molecular weight excluding hydrogens is 379 g/mol. The van der Waals surface area contributed by atoms with Gasteiger partial charge in [-0.2, -0.15) is 18.3 Å². The quantitative estimate of drug-likeness (QED) is 0.448. The van der Waals surface area contributed by atoms with Gasteiger partial charge in [0.25, 0.3) is 0 Å². The van der Waals surface area contributed by atoms with Gasteiger partial charge in [-0.25, -0.2) is 4.98 Å². The molecule has 0 radical (unpaired) electrons. The lowest BCUT2D eigenvalue weighted by atomic mass is 10.00. The fourth-order valence-electron chi connectivity index (χ4n) is 2.89. The van der Waals surface area contributed by atoms with Crippen LogP contribution in [0, 0.1) is 0 Å². The van der Waals surface area contributed by atoms with E-state index in [1.165, 1.54) is 6.07 Å². The zero-order valence-electron chi connectivity index (χ0n) is 14.0. The van der Waals surface area contributed by atoms with Crippen molar-refractivity contribution in [2.45, 2.75) is 19.0 Å². The van der Waals surface area contributed by atoms with E-state index in [4.69, 9.17) is 11.6 Å². The van der Waals surface area contributed by atoms with Gasteiger partial charge in [-0.3, -0.25) is 10.1 Å². The highest BCUT2D eigenvalue weighted by Crippen LogP contribution is 2.38. The summed E-state index contributed by atoms with van der Waals surface area (Å²) in [6.45, 7) is 1.08. The first-order valence-corrected chi connectivity index (χ1v) is 8.44. The molecule has 3 heterocycles. The van der Waals surface area contributed by atoms with Crippen molar-refractivity contribution in [3.8, 4) is 0 Å². The number of alkyl halides is 3. The second-order valence-electron chi connectivity index (χ2n) is 6.13. The maximum Gasteiger partial charge on any atom is 0.397 e. The zero-order chi connectivity index (χ0) is 19.2. The van der Waals surface area contributed by atoms with Crippen molar-refractivity contribution >= 4 is 44.9 Å². The van der Waals surface area contributed by atoms with E-state index >= 15 is 0 Å². The van der Waals surface area contributed by atoms with E-state index in [-0.39, 0.29) is 10.8 Å². The maximum absolute atomic E-state index is 13.2. The number of H-pyrrole nitrogens is 1. The predicted molar refractivity (Wildman–Crippen MR) is 98.4 cm³/mol. The van der Waals surface area contributed by atoms with Crippen LogP contribution in [0.2, 0.25) is 5.15 Å². The van der Waals surface area contributed by atoms with Gasteiger partial charge in [-0.1, -0.05) is 17.7 Å². The Bertz CT molecular complexity index is 1140. The Labute approximate surface area is 156 Å². The van der Waals surface area contributed by atoms with Crippen LogP contribution in [-0.4, -0.2) is 26.3 Å². The van der Waals surface area contributed by atoms with Crippen molar-refractivity contribution in [1.82, 2.24) is 20.2 Å². The number of nitrogens with zero attached hydrogens (tertiary/aromatic N) is 3. The number of pyridine rings is 2. The van der Waals surface area contributed by atoms with Gasteiger partial charge < -0.3 is 5.32 Å². The molecule has 3 aromatic heterocycles. The molecule has 4 aromatic rings. The zero-order valence-corrected chi connectivity index (χ0v) is 14.7. The summed E-state index contributed by atoms with van der Waals surface area (Å²) in [7, 11) is 0. The van der Waals surface area contributed by atoms with Gasteiger partial charge in [0.2, 0.25) is 0 Å². The second-order valence-corrected chi connectivity index (χ2v) is 6.51. The smallest absolute Gasteiger partial charge is 0.337 e. The molecule has 0 fully saturated rings. The molecule has 0 aliphatic rings. The van der Waals surface area contributed by atoms with Gasteiger partial charge in [0, 0.05) is 17.3 Å². The average molecular weight is 392 g/mol. The molecule has 1 atom stereocenters. The van der Waals surface area contributed by atoms with Gasteiger partial charge >= 0.3 is 6.18 Å². The minimum Gasteiger partial charge on any atom is -0.337 e.